The lowest BCUT2D eigenvalue weighted by Crippen LogP contribution is -1.94. The third kappa shape index (κ3) is 2.03. The van der Waals surface area contributed by atoms with Crippen LogP contribution in [-0.4, -0.2) is 13.0 Å². The second-order valence-electron chi connectivity index (χ2n) is 1.66. The van der Waals surface area contributed by atoms with E-state index in [-0.39, 0.29) is 4.21 Å². The molecule has 7 heteroatoms. The van der Waals surface area contributed by atoms with E-state index in [1.807, 2.05) is 0 Å². The van der Waals surface area contributed by atoms with Gasteiger partial charge in [0.1, 0.15) is 0 Å². The molecule has 0 aromatic carbocycles. The molecule has 0 amide bonds. The van der Waals surface area contributed by atoms with Crippen LogP contribution in [0.1, 0.15) is 0 Å². The van der Waals surface area contributed by atoms with Crippen molar-refractivity contribution < 1.29 is 13.0 Å². The van der Waals surface area contributed by atoms with Gasteiger partial charge in [-0.1, -0.05) is 0 Å². The number of halogens is 2. The maximum Gasteiger partial charge on any atom is 0.305 e. The van der Waals surface area contributed by atoms with E-state index in [2.05, 4.69) is 31.9 Å². The van der Waals surface area contributed by atoms with Gasteiger partial charge in [-0.05, 0) is 31.9 Å². The van der Waals surface area contributed by atoms with Gasteiger partial charge in [-0.25, -0.2) is 0 Å². The largest absolute Gasteiger partial charge is 0.305 e. The molecule has 0 aliphatic carbocycles. The highest BCUT2D eigenvalue weighted by Crippen LogP contribution is 2.35. The minimum atomic E-state index is -4.07. The maximum atomic E-state index is 10.6. The molecule has 62 valence electrons. The first-order chi connectivity index (χ1) is 4.93. The van der Waals surface area contributed by atoms with E-state index in [1.165, 1.54) is 0 Å². The van der Waals surface area contributed by atoms with Crippen LogP contribution in [0, 0.1) is 0 Å². The zero-order chi connectivity index (χ0) is 8.65. The van der Waals surface area contributed by atoms with Gasteiger partial charge in [-0.2, -0.15) is 8.42 Å². The van der Waals surface area contributed by atoms with Gasteiger partial charge in [0, 0.05) is 9.85 Å². The van der Waals surface area contributed by atoms with E-state index in [4.69, 9.17) is 4.55 Å². The van der Waals surface area contributed by atoms with E-state index in [1.54, 1.807) is 5.38 Å². The fourth-order valence-electron chi connectivity index (χ4n) is 0.480. The third-order valence-electron chi connectivity index (χ3n) is 0.893. The lowest BCUT2D eigenvalue weighted by atomic mass is 10.7. The molecule has 0 radical (unpaired) electrons. The predicted octanol–water partition coefficient (Wildman–Crippen LogP) is 2.52. The molecule has 0 bridgehead atoms. The first-order valence-corrected chi connectivity index (χ1v) is 6.23. The van der Waals surface area contributed by atoms with Crippen molar-refractivity contribution in [2.45, 2.75) is 4.21 Å². The van der Waals surface area contributed by atoms with Crippen LogP contribution in [0.15, 0.2) is 18.5 Å². The minimum Gasteiger partial charge on any atom is -0.281 e. The van der Waals surface area contributed by atoms with Crippen molar-refractivity contribution in [1.82, 2.24) is 0 Å². The van der Waals surface area contributed by atoms with Crippen LogP contribution in [0.25, 0.3) is 0 Å². The van der Waals surface area contributed by atoms with Crippen molar-refractivity contribution in [3.8, 4) is 0 Å². The number of rotatable bonds is 1. The van der Waals surface area contributed by atoms with Crippen LogP contribution in [0.2, 0.25) is 0 Å². The molecule has 1 rings (SSSR count). The number of thiophene rings is 1. The molecule has 11 heavy (non-hydrogen) atoms. The average Bonchev–Trinajstić information content (AvgIpc) is 2.11. The van der Waals surface area contributed by atoms with Crippen LogP contribution in [0.3, 0.4) is 0 Å². The summed E-state index contributed by atoms with van der Waals surface area (Å²) in [5.41, 5.74) is 0. The van der Waals surface area contributed by atoms with Crippen LogP contribution in [0.5, 0.6) is 0 Å². The second kappa shape index (κ2) is 3.14. The molecule has 0 aliphatic heterocycles. The van der Waals surface area contributed by atoms with Gasteiger partial charge in [0.2, 0.25) is 0 Å². The molecule has 0 atom stereocenters. The molecule has 0 aliphatic rings. The van der Waals surface area contributed by atoms with Crippen LogP contribution in [-0.2, 0) is 10.1 Å². The lowest BCUT2D eigenvalue weighted by molar-refractivity contribution is 0.485. The van der Waals surface area contributed by atoms with Crippen LogP contribution >= 0.6 is 43.2 Å². The van der Waals surface area contributed by atoms with E-state index in [0.29, 0.717) is 8.95 Å². The molecular weight excluding hydrogens is 320 g/mol. The normalized spacial score (nSPS) is 11.9. The summed E-state index contributed by atoms with van der Waals surface area (Å²) < 4.78 is 30.7. The molecule has 0 fully saturated rings. The van der Waals surface area contributed by atoms with Crippen molar-refractivity contribution in [3.63, 3.8) is 0 Å². The Morgan fingerprint density at radius 1 is 1.45 bits per heavy atom. The Balaban J connectivity index is 3.38. The summed E-state index contributed by atoms with van der Waals surface area (Å²) in [7, 11) is -4.07. The molecule has 0 spiro atoms. The van der Waals surface area contributed by atoms with Gasteiger partial charge in [0.15, 0.2) is 4.21 Å². The SMILES string of the molecule is O=S(=O)(O)c1scc(Br)c1Br. The van der Waals surface area contributed by atoms with Crippen molar-refractivity contribution in [2.24, 2.45) is 0 Å². The van der Waals surface area contributed by atoms with Crippen molar-refractivity contribution in [3.05, 3.63) is 14.3 Å². The molecule has 1 heterocycles. The summed E-state index contributed by atoms with van der Waals surface area (Å²) in [6, 6.07) is 0. The first kappa shape index (κ1) is 9.66. The molecule has 3 nitrogen and oxygen atoms in total. The Kier molecular flexibility index (Phi) is 2.75. The molecule has 0 saturated heterocycles. The van der Waals surface area contributed by atoms with Crippen molar-refractivity contribution >= 4 is 53.3 Å². The van der Waals surface area contributed by atoms with Crippen molar-refractivity contribution in [1.29, 1.82) is 0 Å². The van der Waals surface area contributed by atoms with Crippen LogP contribution < -0.4 is 0 Å². The van der Waals surface area contributed by atoms with Crippen LogP contribution in [0.4, 0.5) is 0 Å². The first-order valence-electron chi connectivity index (χ1n) is 2.33. The van der Waals surface area contributed by atoms with Gasteiger partial charge in [0.25, 0.3) is 0 Å². The fraction of sp³-hybridized carbons (Fsp3) is 0. The topological polar surface area (TPSA) is 54.4 Å². The lowest BCUT2D eigenvalue weighted by Gasteiger charge is -1.90. The van der Waals surface area contributed by atoms with Gasteiger partial charge >= 0.3 is 10.1 Å². The summed E-state index contributed by atoms with van der Waals surface area (Å²) in [4.78, 5) is 0. The van der Waals surface area contributed by atoms with E-state index in [9.17, 15) is 8.42 Å². The smallest absolute Gasteiger partial charge is 0.281 e. The molecule has 0 saturated carbocycles. The molecular formula is C4H2Br2O3S2. The highest BCUT2D eigenvalue weighted by Gasteiger charge is 2.18. The summed E-state index contributed by atoms with van der Waals surface area (Å²) in [5.74, 6) is 0. The Bertz CT molecular complexity index is 367. The number of hydrogen-bond donors (Lipinski definition) is 1. The quantitative estimate of drug-likeness (QED) is 0.809. The minimum absolute atomic E-state index is 0.0793. The highest BCUT2D eigenvalue weighted by molar-refractivity contribution is 9.13. The molecule has 0 unspecified atom stereocenters. The Labute approximate surface area is 84.4 Å². The second-order valence-corrected chi connectivity index (χ2v) is 5.80. The molecule has 1 aromatic rings. The van der Waals surface area contributed by atoms with E-state index >= 15 is 0 Å². The molecule has 1 aromatic heterocycles. The van der Waals surface area contributed by atoms with Crippen molar-refractivity contribution in [2.75, 3.05) is 0 Å². The Morgan fingerprint density at radius 3 is 2.18 bits per heavy atom. The highest BCUT2D eigenvalue weighted by atomic mass is 79.9. The monoisotopic (exact) mass is 320 g/mol. The Hall–Kier alpha value is 0.570. The van der Waals surface area contributed by atoms with Gasteiger partial charge in [-0.3, -0.25) is 4.55 Å². The number of hydrogen-bond acceptors (Lipinski definition) is 3. The maximum absolute atomic E-state index is 10.6. The Morgan fingerprint density at radius 2 is 2.00 bits per heavy atom. The zero-order valence-corrected chi connectivity index (χ0v) is 9.72. The summed E-state index contributed by atoms with van der Waals surface area (Å²) in [6.45, 7) is 0. The fourth-order valence-corrected chi connectivity index (χ4v) is 3.89. The average molecular weight is 322 g/mol. The molecule has 1 N–H and O–H groups in total. The van der Waals surface area contributed by atoms with Gasteiger partial charge < -0.3 is 0 Å². The predicted molar refractivity (Wildman–Crippen MR) is 49.5 cm³/mol. The van der Waals surface area contributed by atoms with Gasteiger partial charge in [-0.15, -0.1) is 11.3 Å². The van der Waals surface area contributed by atoms with E-state index < -0.39 is 10.1 Å². The summed E-state index contributed by atoms with van der Waals surface area (Å²) in [6.07, 6.45) is 0. The summed E-state index contributed by atoms with van der Waals surface area (Å²) >= 11 is 7.06. The van der Waals surface area contributed by atoms with E-state index in [0.717, 1.165) is 11.3 Å². The summed E-state index contributed by atoms with van der Waals surface area (Å²) in [5, 5.41) is 1.58. The standard InChI is InChI=1S/C4H2Br2O3S2/c5-2-1-10-4(3(2)6)11(7,8)9/h1H,(H,7,8,9). The van der Waals surface area contributed by atoms with Gasteiger partial charge in [0.05, 0.1) is 4.47 Å². The zero-order valence-electron chi connectivity index (χ0n) is 4.91. The third-order valence-corrected chi connectivity index (χ3v) is 6.07.